The van der Waals surface area contributed by atoms with Crippen molar-refractivity contribution in [1.29, 1.82) is 0 Å². The smallest absolute Gasteiger partial charge is 0.244 e. The van der Waals surface area contributed by atoms with E-state index in [1.54, 1.807) is 19.1 Å². The number of nitrogens with two attached hydrogens (primary N) is 1. The summed E-state index contributed by atoms with van der Waals surface area (Å²) in [6, 6.07) is 5.14. The van der Waals surface area contributed by atoms with Crippen LogP contribution in [-0.4, -0.2) is 25.8 Å². The van der Waals surface area contributed by atoms with Gasteiger partial charge in [-0.3, -0.25) is 0 Å². The van der Waals surface area contributed by atoms with Gasteiger partial charge in [0.25, 0.3) is 0 Å². The van der Waals surface area contributed by atoms with Gasteiger partial charge in [0.2, 0.25) is 10.0 Å². The largest absolute Gasteiger partial charge is 0.326 e. The Hall–Kier alpha value is -1.35. The van der Waals surface area contributed by atoms with Crippen molar-refractivity contribution in [3.05, 3.63) is 29.3 Å². The first-order valence-electron chi connectivity index (χ1n) is 6.21. The zero-order valence-electron chi connectivity index (χ0n) is 11.4. The summed E-state index contributed by atoms with van der Waals surface area (Å²) in [5.74, 6) is 2.40. The van der Waals surface area contributed by atoms with Crippen molar-refractivity contribution in [1.82, 2.24) is 4.31 Å². The summed E-state index contributed by atoms with van der Waals surface area (Å²) in [7, 11) is -3.55. The zero-order chi connectivity index (χ0) is 14.5. The molecule has 1 aromatic carbocycles. The Morgan fingerprint density at radius 2 is 2.11 bits per heavy atom. The second kappa shape index (κ2) is 6.71. The van der Waals surface area contributed by atoms with E-state index in [0.717, 1.165) is 12.0 Å². The molecular weight excluding hydrogens is 260 g/mol. The van der Waals surface area contributed by atoms with Crippen molar-refractivity contribution in [3.63, 3.8) is 0 Å². The third-order valence-corrected chi connectivity index (χ3v) is 4.96. The molecule has 0 fully saturated rings. The SMILES string of the molecule is C#CCN(CCC)S(=O)(=O)c1cccc(CN)c1C. The highest BCUT2D eigenvalue weighted by Gasteiger charge is 2.25. The van der Waals surface area contributed by atoms with Gasteiger partial charge in [0, 0.05) is 13.1 Å². The summed E-state index contributed by atoms with van der Waals surface area (Å²) < 4.78 is 26.5. The summed E-state index contributed by atoms with van der Waals surface area (Å²) in [5, 5.41) is 0. The molecule has 0 aromatic heterocycles. The average Bonchev–Trinajstić information content (AvgIpc) is 2.38. The van der Waals surface area contributed by atoms with Crippen LogP contribution in [0.4, 0.5) is 0 Å². The summed E-state index contributed by atoms with van der Waals surface area (Å²) in [4.78, 5) is 0.291. The Labute approximate surface area is 115 Å². The third-order valence-electron chi connectivity index (χ3n) is 2.97. The predicted octanol–water partition coefficient (Wildman–Crippen LogP) is 1.49. The molecule has 0 aliphatic rings. The van der Waals surface area contributed by atoms with Gasteiger partial charge in [0.15, 0.2) is 0 Å². The van der Waals surface area contributed by atoms with Crippen molar-refractivity contribution < 1.29 is 8.42 Å². The number of benzene rings is 1. The van der Waals surface area contributed by atoms with E-state index in [0.29, 0.717) is 23.5 Å². The van der Waals surface area contributed by atoms with Crippen LogP contribution < -0.4 is 5.73 Å². The van der Waals surface area contributed by atoms with Gasteiger partial charge in [0.05, 0.1) is 11.4 Å². The Bertz CT molecular complexity index is 574. The molecule has 0 amide bonds. The molecular formula is C14H20N2O2S. The number of terminal acetylenes is 1. The maximum absolute atomic E-state index is 12.6. The maximum Gasteiger partial charge on any atom is 0.244 e. The molecule has 0 atom stereocenters. The zero-order valence-corrected chi connectivity index (χ0v) is 12.2. The number of nitrogens with zero attached hydrogens (tertiary/aromatic N) is 1. The quantitative estimate of drug-likeness (QED) is 0.803. The van der Waals surface area contributed by atoms with Crippen molar-refractivity contribution in [3.8, 4) is 12.3 Å². The number of sulfonamides is 1. The summed E-state index contributed by atoms with van der Waals surface area (Å²) >= 11 is 0. The molecule has 4 nitrogen and oxygen atoms in total. The molecule has 0 unspecified atom stereocenters. The third kappa shape index (κ3) is 3.35. The highest BCUT2D eigenvalue weighted by molar-refractivity contribution is 7.89. The van der Waals surface area contributed by atoms with E-state index in [-0.39, 0.29) is 6.54 Å². The van der Waals surface area contributed by atoms with Crippen molar-refractivity contribution in [2.75, 3.05) is 13.1 Å². The van der Waals surface area contributed by atoms with Gasteiger partial charge in [-0.25, -0.2) is 8.42 Å². The molecule has 104 valence electrons. The lowest BCUT2D eigenvalue weighted by Crippen LogP contribution is -2.32. The normalized spacial score (nSPS) is 11.5. The highest BCUT2D eigenvalue weighted by Crippen LogP contribution is 2.22. The van der Waals surface area contributed by atoms with Gasteiger partial charge >= 0.3 is 0 Å². The first-order chi connectivity index (χ1) is 8.98. The minimum Gasteiger partial charge on any atom is -0.326 e. The second-order valence-corrected chi connectivity index (χ2v) is 6.19. The van der Waals surface area contributed by atoms with Crippen molar-refractivity contribution in [2.45, 2.75) is 31.7 Å². The van der Waals surface area contributed by atoms with Crippen LogP contribution in [0, 0.1) is 19.3 Å². The molecule has 1 aromatic rings. The Kier molecular flexibility index (Phi) is 5.55. The van der Waals surface area contributed by atoms with E-state index in [2.05, 4.69) is 5.92 Å². The molecule has 0 spiro atoms. The molecule has 0 aliphatic heterocycles. The lowest BCUT2D eigenvalue weighted by Gasteiger charge is -2.21. The topological polar surface area (TPSA) is 63.4 Å². The summed E-state index contributed by atoms with van der Waals surface area (Å²) in [6.07, 6.45) is 5.97. The first kappa shape index (κ1) is 15.7. The van der Waals surface area contributed by atoms with Crippen LogP contribution >= 0.6 is 0 Å². The fourth-order valence-corrected chi connectivity index (χ4v) is 3.65. The Balaban J connectivity index is 3.30. The average molecular weight is 280 g/mol. The summed E-state index contributed by atoms with van der Waals surface area (Å²) in [6.45, 7) is 4.51. The van der Waals surface area contributed by atoms with Crippen molar-refractivity contribution >= 4 is 10.0 Å². The van der Waals surface area contributed by atoms with E-state index in [9.17, 15) is 8.42 Å². The fourth-order valence-electron chi connectivity index (χ4n) is 1.94. The molecule has 5 heteroatoms. The van der Waals surface area contributed by atoms with E-state index in [4.69, 9.17) is 12.2 Å². The Morgan fingerprint density at radius 3 is 2.63 bits per heavy atom. The molecule has 0 aliphatic carbocycles. The maximum atomic E-state index is 12.6. The lowest BCUT2D eigenvalue weighted by atomic mass is 10.1. The van der Waals surface area contributed by atoms with E-state index < -0.39 is 10.0 Å². The van der Waals surface area contributed by atoms with Gasteiger partial charge in [-0.15, -0.1) is 6.42 Å². The molecule has 2 N–H and O–H groups in total. The van der Waals surface area contributed by atoms with E-state index in [1.165, 1.54) is 4.31 Å². The molecule has 0 saturated heterocycles. The summed E-state index contributed by atoms with van der Waals surface area (Å²) in [5.41, 5.74) is 7.14. The molecule has 0 radical (unpaired) electrons. The number of hydrogen-bond donors (Lipinski definition) is 1. The standard InChI is InChI=1S/C14H20N2O2S/c1-4-9-16(10-5-2)19(17,18)14-8-6-7-13(11-15)12(14)3/h1,6-8H,5,9-11,15H2,2-3H3. The van der Waals surface area contributed by atoms with Gasteiger partial charge in [-0.2, -0.15) is 4.31 Å². The first-order valence-corrected chi connectivity index (χ1v) is 7.65. The number of hydrogen-bond acceptors (Lipinski definition) is 3. The Morgan fingerprint density at radius 1 is 1.42 bits per heavy atom. The predicted molar refractivity (Wildman–Crippen MR) is 77.0 cm³/mol. The minimum atomic E-state index is -3.55. The van der Waals surface area contributed by atoms with Crippen molar-refractivity contribution in [2.24, 2.45) is 5.73 Å². The van der Waals surface area contributed by atoms with Crippen LogP contribution in [0.3, 0.4) is 0 Å². The van der Waals surface area contributed by atoms with Crippen LogP contribution in [0.2, 0.25) is 0 Å². The lowest BCUT2D eigenvalue weighted by molar-refractivity contribution is 0.445. The van der Waals surface area contributed by atoms with Crippen LogP contribution in [0.1, 0.15) is 24.5 Å². The number of rotatable bonds is 6. The second-order valence-electron chi connectivity index (χ2n) is 4.29. The molecule has 0 bridgehead atoms. The van der Waals surface area contributed by atoms with E-state index >= 15 is 0 Å². The van der Waals surface area contributed by atoms with Crippen LogP contribution in [0.15, 0.2) is 23.1 Å². The molecule has 19 heavy (non-hydrogen) atoms. The minimum absolute atomic E-state index is 0.0858. The highest BCUT2D eigenvalue weighted by atomic mass is 32.2. The van der Waals surface area contributed by atoms with Gasteiger partial charge in [0.1, 0.15) is 0 Å². The fraction of sp³-hybridized carbons (Fsp3) is 0.429. The van der Waals surface area contributed by atoms with Crippen LogP contribution in [0.5, 0.6) is 0 Å². The van der Waals surface area contributed by atoms with Gasteiger partial charge in [-0.1, -0.05) is 25.0 Å². The van der Waals surface area contributed by atoms with E-state index in [1.807, 2.05) is 13.0 Å². The molecule has 0 saturated carbocycles. The van der Waals surface area contributed by atoms with Crippen LogP contribution in [-0.2, 0) is 16.6 Å². The van der Waals surface area contributed by atoms with Gasteiger partial charge in [-0.05, 0) is 30.5 Å². The molecule has 1 rings (SSSR count). The molecule has 0 heterocycles. The van der Waals surface area contributed by atoms with Crippen LogP contribution in [0.25, 0.3) is 0 Å². The van der Waals surface area contributed by atoms with Gasteiger partial charge < -0.3 is 5.73 Å². The monoisotopic (exact) mass is 280 g/mol.